The molecule has 0 saturated heterocycles. The predicted octanol–water partition coefficient (Wildman–Crippen LogP) is 1.31. The Morgan fingerprint density at radius 2 is 1.94 bits per heavy atom. The number of carboxylic acid groups (broad SMARTS) is 1. The highest BCUT2D eigenvalue weighted by Crippen LogP contribution is 2.46. The van der Waals surface area contributed by atoms with Crippen molar-refractivity contribution < 1.29 is 27.9 Å². The monoisotopic (exact) mass is 239 g/mol. The Bertz CT molecular complexity index is 310. The Balaban J connectivity index is 2.50. The van der Waals surface area contributed by atoms with Gasteiger partial charge in [-0.25, -0.2) is 0 Å². The third kappa shape index (κ3) is 2.86. The van der Waals surface area contributed by atoms with Crippen LogP contribution in [0.4, 0.5) is 13.2 Å². The number of halogens is 3. The van der Waals surface area contributed by atoms with Crippen molar-refractivity contribution in [3.63, 3.8) is 0 Å². The zero-order chi connectivity index (χ0) is 12.6. The fourth-order valence-corrected chi connectivity index (χ4v) is 1.42. The summed E-state index contributed by atoms with van der Waals surface area (Å²) in [6, 6.07) is -1.11. The smallest absolute Gasteiger partial charge is 0.391 e. The lowest BCUT2D eigenvalue weighted by Gasteiger charge is -2.18. The molecule has 0 heterocycles. The summed E-state index contributed by atoms with van der Waals surface area (Å²) in [6.45, 7) is 1.20. The molecule has 0 bridgehead atoms. The van der Waals surface area contributed by atoms with Crippen LogP contribution in [0.5, 0.6) is 0 Å². The first-order chi connectivity index (χ1) is 7.17. The quantitative estimate of drug-likeness (QED) is 0.727. The van der Waals surface area contributed by atoms with Crippen LogP contribution in [0.3, 0.4) is 0 Å². The second kappa shape index (κ2) is 3.95. The summed E-state index contributed by atoms with van der Waals surface area (Å²) in [5.41, 5.74) is -1.49. The van der Waals surface area contributed by atoms with Crippen LogP contribution >= 0.6 is 0 Å². The molecule has 0 aromatic carbocycles. The molecule has 1 rings (SSSR count). The summed E-state index contributed by atoms with van der Waals surface area (Å²) in [7, 11) is 0. The van der Waals surface area contributed by atoms with Crippen molar-refractivity contribution in [2.45, 2.75) is 38.4 Å². The van der Waals surface area contributed by atoms with Gasteiger partial charge in [0.25, 0.3) is 0 Å². The molecule has 92 valence electrons. The minimum Gasteiger partial charge on any atom is -0.480 e. The molecule has 2 N–H and O–H groups in total. The standard InChI is InChI=1S/C9H12F3NO3/c1-5(4-9(10,11)12)13-6(14)8(2-3-8)7(15)16/h5H,2-4H2,1H3,(H,13,14)(H,15,16). The van der Waals surface area contributed by atoms with Crippen LogP contribution in [0.15, 0.2) is 0 Å². The first-order valence-corrected chi connectivity index (χ1v) is 4.78. The molecular formula is C9H12F3NO3. The van der Waals surface area contributed by atoms with E-state index in [1.165, 1.54) is 6.92 Å². The van der Waals surface area contributed by atoms with Gasteiger partial charge in [0, 0.05) is 6.04 Å². The van der Waals surface area contributed by atoms with Gasteiger partial charge in [0.1, 0.15) is 5.41 Å². The average Bonchev–Trinajstić information content (AvgIpc) is 2.78. The molecule has 0 spiro atoms. The van der Waals surface area contributed by atoms with Crippen molar-refractivity contribution in [2.75, 3.05) is 0 Å². The highest BCUT2D eigenvalue weighted by molar-refractivity contribution is 6.04. The molecule has 0 aliphatic heterocycles. The van der Waals surface area contributed by atoms with Crippen molar-refractivity contribution in [3.8, 4) is 0 Å². The lowest BCUT2D eigenvalue weighted by atomic mass is 10.1. The topological polar surface area (TPSA) is 66.4 Å². The second-order valence-corrected chi connectivity index (χ2v) is 4.08. The largest absolute Gasteiger partial charge is 0.480 e. The summed E-state index contributed by atoms with van der Waals surface area (Å²) in [4.78, 5) is 22.1. The van der Waals surface area contributed by atoms with E-state index < -0.39 is 35.9 Å². The molecule has 1 atom stereocenters. The maximum Gasteiger partial charge on any atom is 0.391 e. The minimum absolute atomic E-state index is 0.187. The minimum atomic E-state index is -4.37. The lowest BCUT2D eigenvalue weighted by molar-refractivity contribution is -0.150. The molecule has 1 fully saturated rings. The SMILES string of the molecule is CC(CC(F)(F)F)NC(=O)C1(C(=O)O)CC1. The molecule has 4 nitrogen and oxygen atoms in total. The third-order valence-electron chi connectivity index (χ3n) is 2.51. The van der Waals surface area contributed by atoms with E-state index in [9.17, 15) is 22.8 Å². The summed E-state index contributed by atoms with van der Waals surface area (Å²) in [6.07, 6.45) is -5.15. The van der Waals surface area contributed by atoms with Gasteiger partial charge in [-0.1, -0.05) is 0 Å². The van der Waals surface area contributed by atoms with E-state index in [1.54, 1.807) is 0 Å². The van der Waals surface area contributed by atoms with Gasteiger partial charge < -0.3 is 10.4 Å². The van der Waals surface area contributed by atoms with Crippen LogP contribution in [-0.4, -0.2) is 29.2 Å². The molecule has 1 amide bonds. The third-order valence-corrected chi connectivity index (χ3v) is 2.51. The fourth-order valence-electron chi connectivity index (χ4n) is 1.42. The highest BCUT2D eigenvalue weighted by atomic mass is 19.4. The molecule has 0 aromatic rings. The van der Waals surface area contributed by atoms with E-state index in [4.69, 9.17) is 5.11 Å². The van der Waals surface area contributed by atoms with E-state index in [0.717, 1.165) is 0 Å². The van der Waals surface area contributed by atoms with Crippen LogP contribution in [0.25, 0.3) is 0 Å². The number of carboxylic acids is 1. The first-order valence-electron chi connectivity index (χ1n) is 4.78. The number of carbonyl (C=O) groups excluding carboxylic acids is 1. The van der Waals surface area contributed by atoms with Crippen molar-refractivity contribution in [1.82, 2.24) is 5.32 Å². The molecule has 1 aliphatic rings. The number of hydrogen-bond acceptors (Lipinski definition) is 2. The van der Waals surface area contributed by atoms with Crippen LogP contribution in [0.2, 0.25) is 0 Å². The molecular weight excluding hydrogens is 227 g/mol. The normalized spacial score (nSPS) is 20.0. The van der Waals surface area contributed by atoms with E-state index in [-0.39, 0.29) is 12.8 Å². The van der Waals surface area contributed by atoms with Crippen molar-refractivity contribution >= 4 is 11.9 Å². The summed E-state index contributed by atoms with van der Waals surface area (Å²) < 4.78 is 35.9. The van der Waals surface area contributed by atoms with Gasteiger partial charge in [0.2, 0.25) is 5.91 Å². The summed E-state index contributed by atoms with van der Waals surface area (Å²) >= 11 is 0. The lowest BCUT2D eigenvalue weighted by Crippen LogP contribution is -2.43. The van der Waals surface area contributed by atoms with Crippen LogP contribution in [0, 0.1) is 5.41 Å². The zero-order valence-corrected chi connectivity index (χ0v) is 8.60. The van der Waals surface area contributed by atoms with Crippen molar-refractivity contribution in [1.29, 1.82) is 0 Å². The van der Waals surface area contributed by atoms with E-state index in [2.05, 4.69) is 5.32 Å². The van der Waals surface area contributed by atoms with Crippen LogP contribution in [-0.2, 0) is 9.59 Å². The average molecular weight is 239 g/mol. The van der Waals surface area contributed by atoms with E-state index in [1.807, 2.05) is 0 Å². The number of alkyl halides is 3. The number of hydrogen-bond donors (Lipinski definition) is 2. The van der Waals surface area contributed by atoms with Crippen LogP contribution < -0.4 is 5.32 Å². The van der Waals surface area contributed by atoms with Crippen molar-refractivity contribution in [2.24, 2.45) is 5.41 Å². The van der Waals surface area contributed by atoms with Gasteiger partial charge in [-0.3, -0.25) is 9.59 Å². The molecule has 1 aliphatic carbocycles. The van der Waals surface area contributed by atoms with Gasteiger partial charge in [0.05, 0.1) is 6.42 Å². The maximum absolute atomic E-state index is 12.0. The number of nitrogens with one attached hydrogen (secondary N) is 1. The Labute approximate surface area is 89.8 Å². The van der Waals surface area contributed by atoms with E-state index >= 15 is 0 Å². The molecule has 7 heteroatoms. The number of amides is 1. The van der Waals surface area contributed by atoms with E-state index in [0.29, 0.717) is 0 Å². The molecule has 1 unspecified atom stereocenters. The second-order valence-electron chi connectivity index (χ2n) is 4.08. The summed E-state index contributed by atoms with van der Waals surface area (Å²) in [5.74, 6) is -2.10. The number of carbonyl (C=O) groups is 2. The fraction of sp³-hybridized carbons (Fsp3) is 0.778. The molecule has 0 aromatic heterocycles. The van der Waals surface area contributed by atoms with Gasteiger partial charge in [-0.05, 0) is 19.8 Å². The van der Waals surface area contributed by atoms with Crippen molar-refractivity contribution in [3.05, 3.63) is 0 Å². The molecule has 1 saturated carbocycles. The maximum atomic E-state index is 12.0. The Kier molecular flexibility index (Phi) is 3.16. The first kappa shape index (κ1) is 12.8. The Morgan fingerprint density at radius 1 is 1.44 bits per heavy atom. The van der Waals surface area contributed by atoms with Gasteiger partial charge in [-0.2, -0.15) is 13.2 Å². The highest BCUT2D eigenvalue weighted by Gasteiger charge is 2.57. The molecule has 0 radical (unpaired) electrons. The van der Waals surface area contributed by atoms with Gasteiger partial charge in [0.15, 0.2) is 0 Å². The number of rotatable bonds is 4. The van der Waals surface area contributed by atoms with Gasteiger partial charge in [-0.15, -0.1) is 0 Å². The number of aliphatic carboxylic acids is 1. The van der Waals surface area contributed by atoms with Gasteiger partial charge >= 0.3 is 12.1 Å². The molecule has 16 heavy (non-hydrogen) atoms. The predicted molar refractivity (Wildman–Crippen MR) is 47.6 cm³/mol. The Hall–Kier alpha value is -1.27. The Morgan fingerprint density at radius 3 is 2.25 bits per heavy atom. The van der Waals surface area contributed by atoms with Crippen LogP contribution in [0.1, 0.15) is 26.2 Å². The summed E-state index contributed by atoms with van der Waals surface area (Å²) in [5, 5.41) is 10.8. The zero-order valence-electron chi connectivity index (χ0n) is 8.60.